The molecule has 0 radical (unpaired) electrons. The van der Waals surface area contributed by atoms with Crippen LogP contribution in [0.15, 0.2) is 18.2 Å². The predicted molar refractivity (Wildman–Crippen MR) is 206 cm³/mol. The van der Waals surface area contributed by atoms with Crippen LogP contribution >= 0.6 is 0 Å². The van der Waals surface area contributed by atoms with E-state index < -0.39 is 98.5 Å². The molecule has 1 aromatic heterocycles. The second kappa shape index (κ2) is 15.4. The minimum atomic E-state index is -4.24. The van der Waals surface area contributed by atoms with Crippen LogP contribution in [0.3, 0.4) is 0 Å². The lowest BCUT2D eigenvalue weighted by atomic mass is 9.93. The summed E-state index contributed by atoms with van der Waals surface area (Å²) in [5, 5.41) is 5.24. The first kappa shape index (κ1) is 41.8. The number of ether oxygens (including phenoxy) is 3. The number of aromatic nitrogens is 2. The van der Waals surface area contributed by atoms with Crippen LogP contribution in [-0.4, -0.2) is 101 Å². The van der Waals surface area contributed by atoms with Crippen molar-refractivity contribution < 1.29 is 50.6 Å². The number of alkyl halides is 2. The fourth-order valence-electron chi connectivity index (χ4n) is 8.64. The zero-order chi connectivity index (χ0) is 41.9. The number of hydrogen-bond acceptors (Lipinski definition) is 11. The molecule has 3 N–H and O–H groups in total. The van der Waals surface area contributed by atoms with Crippen molar-refractivity contribution >= 4 is 44.9 Å². The van der Waals surface area contributed by atoms with Crippen LogP contribution < -0.4 is 24.8 Å². The predicted octanol–water partition coefficient (Wildman–Crippen LogP) is 4.41. The Bertz CT molecular complexity index is 2090. The van der Waals surface area contributed by atoms with E-state index in [1.54, 1.807) is 39.0 Å². The van der Waals surface area contributed by atoms with Crippen LogP contribution in [0.1, 0.15) is 98.1 Å². The van der Waals surface area contributed by atoms with E-state index in [1.807, 2.05) is 11.6 Å². The van der Waals surface area contributed by atoms with Crippen molar-refractivity contribution in [1.82, 2.24) is 30.2 Å². The number of methoxy groups -OCH3 is 1. The van der Waals surface area contributed by atoms with Gasteiger partial charge in [0, 0.05) is 17.9 Å². The van der Waals surface area contributed by atoms with Crippen molar-refractivity contribution in [3.8, 4) is 11.6 Å². The van der Waals surface area contributed by atoms with Gasteiger partial charge in [0.25, 0.3) is 5.91 Å². The Balaban J connectivity index is 1.26. The molecule has 3 heterocycles. The number of aryl methyl sites for hydroxylation is 1. The SMILES string of the molecule is CCC1C2CN(C(=O)C(C(C)C)NC(=O)OC3(C)CC3CCCCCc3nc4ccc(OC)cc4nc3O2)C1C(=O)NC1(C(=O)NS(=O)(=O)C2(C)CC2)CC1C(F)F. The van der Waals surface area contributed by atoms with Gasteiger partial charge in [0.2, 0.25) is 34.1 Å². The molecule has 3 aliphatic carbocycles. The molecule has 5 aliphatic rings. The number of amides is 4. The van der Waals surface area contributed by atoms with E-state index in [1.165, 1.54) is 18.9 Å². The van der Waals surface area contributed by atoms with Gasteiger partial charge in [0.15, 0.2) is 0 Å². The standard InChI is InChI=1S/C40H54F2N6O9S/c1-7-24-29-20-48(31(24)33(49)46-40(19-25(40)32(41)42)36(51)47-58(53,54)38(4)15-16-38)35(50)30(21(2)3)45-37(52)57-39(5)18-22(39)11-9-8-10-12-27-34(56-29)44-28-17-23(55-6)13-14-26(28)43-27/h13-14,17,21-22,24-25,29-32H,7-12,15-16,18-20H2,1-6H3,(H,45,52)(H,46,49)(H,47,51). The summed E-state index contributed by atoms with van der Waals surface area (Å²) in [5.74, 6) is -4.83. The second-order valence-electron chi connectivity index (χ2n) is 17.6. The summed E-state index contributed by atoms with van der Waals surface area (Å²) >= 11 is 0. The number of alkyl carbamates (subject to hydrolysis) is 1. The van der Waals surface area contributed by atoms with Gasteiger partial charge in [-0.3, -0.25) is 19.1 Å². The van der Waals surface area contributed by atoms with Gasteiger partial charge in [-0.15, -0.1) is 0 Å². The number of benzene rings is 1. The second-order valence-corrected chi connectivity index (χ2v) is 19.7. The first-order valence-corrected chi connectivity index (χ1v) is 21.8. The summed E-state index contributed by atoms with van der Waals surface area (Å²) in [5.41, 5.74) is -1.22. The molecule has 1 saturated heterocycles. The number of carbonyl (C=O) groups excluding carboxylic acids is 4. The van der Waals surface area contributed by atoms with Gasteiger partial charge in [0.05, 0.1) is 35.4 Å². The van der Waals surface area contributed by atoms with Gasteiger partial charge in [-0.25, -0.2) is 32.0 Å². The fraction of sp³-hybridized carbons (Fsp3) is 0.700. The zero-order valence-electron chi connectivity index (χ0n) is 33.8. The Kier molecular flexibility index (Phi) is 11.1. The lowest BCUT2D eigenvalue weighted by molar-refractivity contribution is -0.143. The molecule has 8 unspecified atom stereocenters. The number of carbonyl (C=O) groups is 4. The van der Waals surface area contributed by atoms with Crippen LogP contribution in [0.4, 0.5) is 13.6 Å². The molecule has 18 heteroatoms. The Hall–Kier alpha value is -4.35. The number of sulfonamides is 1. The fourth-order valence-corrected chi connectivity index (χ4v) is 9.96. The average Bonchev–Trinajstić information content (AvgIpc) is 4.12. The van der Waals surface area contributed by atoms with Crippen LogP contribution in [0.2, 0.25) is 0 Å². The van der Waals surface area contributed by atoms with E-state index >= 15 is 0 Å². The topological polar surface area (TPSA) is 195 Å². The highest BCUT2D eigenvalue weighted by molar-refractivity contribution is 7.91. The van der Waals surface area contributed by atoms with Crippen molar-refractivity contribution in [2.45, 2.75) is 139 Å². The molecule has 2 aromatic rings. The highest BCUT2D eigenvalue weighted by atomic mass is 32.2. The summed E-state index contributed by atoms with van der Waals surface area (Å²) in [4.78, 5) is 67.4. The van der Waals surface area contributed by atoms with E-state index in [0.29, 0.717) is 48.2 Å². The third kappa shape index (κ3) is 7.88. The van der Waals surface area contributed by atoms with Gasteiger partial charge in [-0.2, -0.15) is 0 Å². The van der Waals surface area contributed by atoms with Gasteiger partial charge in [-0.1, -0.05) is 33.6 Å². The molecule has 2 bridgehead atoms. The van der Waals surface area contributed by atoms with E-state index in [9.17, 15) is 36.4 Å². The van der Waals surface area contributed by atoms with Crippen molar-refractivity contribution in [3.05, 3.63) is 23.9 Å². The van der Waals surface area contributed by atoms with Crippen LogP contribution in [-0.2, 0) is 35.6 Å². The number of rotatable bonds is 9. The summed E-state index contributed by atoms with van der Waals surface area (Å²) in [6.45, 7) is 8.40. The molecule has 2 aliphatic heterocycles. The maximum atomic E-state index is 14.7. The highest BCUT2D eigenvalue weighted by Gasteiger charge is 2.68. The van der Waals surface area contributed by atoms with Gasteiger partial charge in [0.1, 0.15) is 40.8 Å². The third-order valence-corrected chi connectivity index (χ3v) is 15.2. The molecular formula is C40H54F2N6O9S. The monoisotopic (exact) mass is 832 g/mol. The van der Waals surface area contributed by atoms with Gasteiger partial charge < -0.3 is 29.7 Å². The zero-order valence-corrected chi connectivity index (χ0v) is 34.6. The summed E-state index contributed by atoms with van der Waals surface area (Å²) in [6.07, 6.45) is 0.204. The van der Waals surface area contributed by atoms with Crippen molar-refractivity contribution in [3.63, 3.8) is 0 Å². The highest BCUT2D eigenvalue weighted by Crippen LogP contribution is 2.51. The number of nitrogens with zero attached hydrogens (tertiary/aromatic N) is 3. The Morgan fingerprint density at radius 3 is 2.47 bits per heavy atom. The minimum Gasteiger partial charge on any atom is -0.497 e. The van der Waals surface area contributed by atoms with Gasteiger partial charge in [-0.05, 0) is 83.3 Å². The minimum absolute atomic E-state index is 0.156. The van der Waals surface area contributed by atoms with Crippen LogP contribution in [0.25, 0.3) is 11.0 Å². The van der Waals surface area contributed by atoms with E-state index in [-0.39, 0.29) is 24.8 Å². The maximum absolute atomic E-state index is 14.7. The normalized spacial score (nSPS) is 32.1. The lowest BCUT2D eigenvalue weighted by Gasteiger charge is -2.32. The Morgan fingerprint density at radius 2 is 1.83 bits per heavy atom. The van der Waals surface area contributed by atoms with E-state index in [2.05, 4.69) is 10.6 Å². The molecular weight excluding hydrogens is 779 g/mol. The van der Waals surface area contributed by atoms with E-state index in [0.717, 1.165) is 25.7 Å². The Morgan fingerprint density at radius 1 is 1.09 bits per heavy atom. The molecule has 318 valence electrons. The molecule has 3 saturated carbocycles. The molecule has 58 heavy (non-hydrogen) atoms. The third-order valence-electron chi connectivity index (χ3n) is 13.0. The molecule has 1 aromatic carbocycles. The van der Waals surface area contributed by atoms with Gasteiger partial charge >= 0.3 is 6.09 Å². The molecule has 7 rings (SSSR count). The smallest absolute Gasteiger partial charge is 0.408 e. The number of nitrogens with one attached hydrogen (secondary N) is 3. The summed E-state index contributed by atoms with van der Waals surface area (Å²) in [6, 6.07) is 2.77. The Labute approximate surface area is 337 Å². The molecule has 8 atom stereocenters. The number of fused-ring (bicyclic) bond motifs is 5. The largest absolute Gasteiger partial charge is 0.497 e. The maximum Gasteiger partial charge on any atom is 0.408 e. The van der Waals surface area contributed by atoms with Crippen LogP contribution in [0, 0.1) is 23.7 Å². The van der Waals surface area contributed by atoms with Crippen molar-refractivity contribution in [1.29, 1.82) is 0 Å². The average molecular weight is 833 g/mol. The number of halogens is 2. The molecule has 4 fully saturated rings. The first-order valence-electron chi connectivity index (χ1n) is 20.3. The number of hydrogen-bond donors (Lipinski definition) is 3. The summed E-state index contributed by atoms with van der Waals surface area (Å²) in [7, 11) is -2.70. The quantitative estimate of drug-likeness (QED) is 0.324. The first-order chi connectivity index (χ1) is 27.3. The molecule has 0 spiro atoms. The van der Waals surface area contributed by atoms with Crippen LogP contribution in [0.5, 0.6) is 11.6 Å². The molecule has 15 nitrogen and oxygen atoms in total. The van der Waals surface area contributed by atoms with E-state index in [4.69, 9.17) is 24.2 Å². The van der Waals surface area contributed by atoms with Crippen molar-refractivity contribution in [2.75, 3.05) is 13.7 Å². The lowest BCUT2D eigenvalue weighted by Crippen LogP contribution is -2.60. The summed E-state index contributed by atoms with van der Waals surface area (Å²) < 4.78 is 73.5. The van der Waals surface area contributed by atoms with Crippen molar-refractivity contribution in [2.24, 2.45) is 23.7 Å². The molecule has 4 amide bonds.